The number of rotatable bonds is 5. The van der Waals surface area contributed by atoms with E-state index in [1.165, 1.54) is 12.1 Å². The summed E-state index contributed by atoms with van der Waals surface area (Å²) in [5.74, 6) is -0.835. The number of carbonyl (C=O) groups is 1. The van der Waals surface area contributed by atoms with Crippen LogP contribution >= 0.6 is 22.9 Å². The lowest BCUT2D eigenvalue weighted by Crippen LogP contribution is -2.08. The highest BCUT2D eigenvalue weighted by Gasteiger charge is 2.23. The number of nitrogen functional groups attached to an aromatic ring is 1. The van der Waals surface area contributed by atoms with Crippen LogP contribution in [0.5, 0.6) is 5.75 Å². The molecule has 1 heterocycles. The minimum atomic E-state index is -0.575. The molecule has 0 aliphatic heterocycles. The van der Waals surface area contributed by atoms with Crippen LogP contribution in [0.25, 0.3) is 0 Å². The molecule has 0 unspecified atom stereocenters. The van der Waals surface area contributed by atoms with Gasteiger partial charge in [0.15, 0.2) is 0 Å². The summed E-state index contributed by atoms with van der Waals surface area (Å²) >= 11 is 6.85. The Balaban J connectivity index is 2.31. The number of halogens is 2. The highest BCUT2D eigenvalue weighted by Crippen LogP contribution is 2.33. The van der Waals surface area contributed by atoms with Crippen molar-refractivity contribution in [2.75, 3.05) is 12.3 Å². The topological polar surface area (TPSA) is 85.3 Å². The number of nitrogens with zero attached hydrogens (tertiary/aromatic N) is 1. The molecule has 23 heavy (non-hydrogen) atoms. The molecule has 0 saturated heterocycles. The summed E-state index contributed by atoms with van der Waals surface area (Å²) in [5.41, 5.74) is 6.25. The summed E-state index contributed by atoms with van der Waals surface area (Å²) in [5, 5.41) is 9.50. The Hall–Kier alpha value is -2.30. The number of nitrogens with two attached hydrogens (primary N) is 1. The van der Waals surface area contributed by atoms with Crippen LogP contribution < -0.4 is 10.5 Å². The molecular formula is C15H12ClFN2O3S. The van der Waals surface area contributed by atoms with E-state index in [4.69, 9.17) is 26.8 Å². The standard InChI is InChI=1S/C15H12ClFN2O3S/c1-2-21-15(20)13-10(9(6-18)14(19)23-13)7-22-12-4-3-8(17)5-11(12)16/h3-5H,2,7,19H2,1H3. The predicted octanol–water partition coefficient (Wildman–Crippen LogP) is 3.75. The molecule has 1 aromatic heterocycles. The van der Waals surface area contributed by atoms with Crippen molar-refractivity contribution in [3.05, 3.63) is 45.0 Å². The Morgan fingerprint density at radius 3 is 2.87 bits per heavy atom. The first-order valence-corrected chi connectivity index (χ1v) is 7.73. The monoisotopic (exact) mass is 354 g/mol. The molecule has 0 fully saturated rings. The van der Waals surface area contributed by atoms with E-state index in [0.717, 1.165) is 17.4 Å². The molecule has 0 amide bonds. The van der Waals surface area contributed by atoms with Gasteiger partial charge in [0.1, 0.15) is 34.1 Å². The highest BCUT2D eigenvalue weighted by molar-refractivity contribution is 7.18. The van der Waals surface area contributed by atoms with E-state index in [9.17, 15) is 14.4 Å². The maximum atomic E-state index is 13.0. The molecule has 8 heteroatoms. The van der Waals surface area contributed by atoms with Crippen LogP contribution in [0.3, 0.4) is 0 Å². The van der Waals surface area contributed by atoms with Crippen LogP contribution in [-0.4, -0.2) is 12.6 Å². The molecule has 0 atom stereocenters. The molecule has 0 aliphatic rings. The molecule has 0 bridgehead atoms. The smallest absolute Gasteiger partial charge is 0.348 e. The number of hydrogen-bond acceptors (Lipinski definition) is 6. The fourth-order valence-electron chi connectivity index (χ4n) is 1.85. The van der Waals surface area contributed by atoms with E-state index in [1.54, 1.807) is 6.92 Å². The number of benzene rings is 1. The zero-order valence-corrected chi connectivity index (χ0v) is 13.6. The second-order valence-electron chi connectivity index (χ2n) is 4.34. The number of esters is 1. The lowest BCUT2D eigenvalue weighted by Gasteiger charge is -2.09. The van der Waals surface area contributed by atoms with E-state index in [2.05, 4.69) is 0 Å². The third-order valence-corrected chi connectivity index (χ3v) is 4.21. The molecule has 2 rings (SSSR count). The third-order valence-electron chi connectivity index (χ3n) is 2.87. The van der Waals surface area contributed by atoms with Crippen molar-refractivity contribution in [1.82, 2.24) is 0 Å². The maximum Gasteiger partial charge on any atom is 0.348 e. The molecule has 0 spiro atoms. The fourth-order valence-corrected chi connectivity index (χ4v) is 2.99. The lowest BCUT2D eigenvalue weighted by molar-refractivity contribution is 0.0529. The van der Waals surface area contributed by atoms with Crippen LogP contribution in [0, 0.1) is 17.1 Å². The minimum Gasteiger partial charge on any atom is -0.487 e. The first-order chi connectivity index (χ1) is 11.0. The molecular weight excluding hydrogens is 343 g/mol. The zero-order chi connectivity index (χ0) is 17.0. The molecule has 0 radical (unpaired) electrons. The van der Waals surface area contributed by atoms with Crippen LogP contribution in [-0.2, 0) is 11.3 Å². The molecule has 120 valence electrons. The largest absolute Gasteiger partial charge is 0.487 e. The second kappa shape index (κ2) is 7.31. The van der Waals surface area contributed by atoms with Crippen molar-refractivity contribution < 1.29 is 18.7 Å². The predicted molar refractivity (Wildman–Crippen MR) is 85.1 cm³/mol. The van der Waals surface area contributed by atoms with Crippen molar-refractivity contribution in [2.45, 2.75) is 13.5 Å². The Morgan fingerprint density at radius 2 is 2.26 bits per heavy atom. The van der Waals surface area contributed by atoms with Gasteiger partial charge >= 0.3 is 5.97 Å². The first-order valence-electron chi connectivity index (χ1n) is 6.54. The normalized spacial score (nSPS) is 10.2. The highest BCUT2D eigenvalue weighted by atomic mass is 35.5. The summed E-state index contributed by atoms with van der Waals surface area (Å²) in [6.07, 6.45) is 0. The van der Waals surface area contributed by atoms with Crippen LogP contribution in [0.15, 0.2) is 18.2 Å². The Kier molecular flexibility index (Phi) is 5.42. The number of hydrogen-bond donors (Lipinski definition) is 1. The van der Waals surface area contributed by atoms with Gasteiger partial charge in [-0.05, 0) is 25.1 Å². The molecule has 1 aromatic carbocycles. The van der Waals surface area contributed by atoms with Crippen molar-refractivity contribution in [3.63, 3.8) is 0 Å². The number of anilines is 1. The number of carbonyl (C=O) groups excluding carboxylic acids is 1. The summed E-state index contributed by atoms with van der Waals surface area (Å²) < 4.78 is 23.5. The minimum absolute atomic E-state index is 0.0874. The van der Waals surface area contributed by atoms with Crippen molar-refractivity contribution in [3.8, 4) is 11.8 Å². The fraction of sp³-hybridized carbons (Fsp3) is 0.200. The van der Waals surface area contributed by atoms with E-state index >= 15 is 0 Å². The van der Waals surface area contributed by atoms with E-state index < -0.39 is 11.8 Å². The van der Waals surface area contributed by atoms with Crippen LogP contribution in [0.1, 0.15) is 27.7 Å². The second-order valence-corrected chi connectivity index (χ2v) is 5.80. The molecule has 2 N–H and O–H groups in total. The van der Waals surface area contributed by atoms with Crippen molar-refractivity contribution >= 4 is 33.9 Å². The van der Waals surface area contributed by atoms with Gasteiger partial charge in [-0.2, -0.15) is 5.26 Å². The average Bonchev–Trinajstić information content (AvgIpc) is 2.82. The van der Waals surface area contributed by atoms with Gasteiger partial charge in [-0.25, -0.2) is 9.18 Å². The lowest BCUT2D eigenvalue weighted by atomic mass is 10.1. The molecule has 5 nitrogen and oxygen atoms in total. The molecule has 0 aliphatic carbocycles. The van der Waals surface area contributed by atoms with Crippen molar-refractivity contribution in [2.24, 2.45) is 0 Å². The van der Waals surface area contributed by atoms with Crippen LogP contribution in [0.4, 0.5) is 9.39 Å². The number of ether oxygens (including phenoxy) is 2. The van der Waals surface area contributed by atoms with E-state index in [1.807, 2.05) is 6.07 Å². The summed E-state index contributed by atoms with van der Waals surface area (Å²) in [7, 11) is 0. The maximum absolute atomic E-state index is 13.0. The van der Waals surface area contributed by atoms with Crippen LogP contribution in [0.2, 0.25) is 5.02 Å². The number of nitriles is 1. The average molecular weight is 355 g/mol. The summed E-state index contributed by atoms with van der Waals surface area (Å²) in [4.78, 5) is 12.2. The Morgan fingerprint density at radius 1 is 1.52 bits per heavy atom. The van der Waals surface area contributed by atoms with Crippen molar-refractivity contribution in [1.29, 1.82) is 5.26 Å². The Bertz CT molecular complexity index is 786. The van der Waals surface area contributed by atoms with Gasteiger partial charge in [0.2, 0.25) is 0 Å². The van der Waals surface area contributed by atoms with Gasteiger partial charge in [0, 0.05) is 5.56 Å². The van der Waals surface area contributed by atoms with Gasteiger partial charge in [-0.3, -0.25) is 0 Å². The summed E-state index contributed by atoms with van der Waals surface area (Å²) in [6, 6.07) is 5.61. The molecule has 2 aromatic rings. The quantitative estimate of drug-likeness (QED) is 0.826. The van der Waals surface area contributed by atoms with Gasteiger partial charge < -0.3 is 15.2 Å². The van der Waals surface area contributed by atoms with Gasteiger partial charge in [-0.15, -0.1) is 11.3 Å². The molecule has 0 saturated carbocycles. The Labute approximate surface area is 141 Å². The van der Waals surface area contributed by atoms with Gasteiger partial charge in [-0.1, -0.05) is 11.6 Å². The SMILES string of the molecule is CCOC(=O)c1sc(N)c(C#N)c1COc1ccc(F)cc1Cl. The first kappa shape index (κ1) is 17.1. The summed E-state index contributed by atoms with van der Waals surface area (Å²) in [6.45, 7) is 1.76. The van der Waals surface area contributed by atoms with E-state index in [0.29, 0.717) is 5.56 Å². The van der Waals surface area contributed by atoms with E-state index in [-0.39, 0.29) is 39.4 Å². The van der Waals surface area contributed by atoms with Gasteiger partial charge in [0.25, 0.3) is 0 Å². The van der Waals surface area contributed by atoms with Gasteiger partial charge in [0.05, 0.1) is 17.2 Å². The number of thiophene rings is 1. The third kappa shape index (κ3) is 3.73. The zero-order valence-electron chi connectivity index (χ0n) is 12.1.